The van der Waals surface area contributed by atoms with Gasteiger partial charge in [-0.1, -0.05) is 0 Å². The van der Waals surface area contributed by atoms with Crippen LogP contribution in [0.4, 0.5) is 4.39 Å². The monoisotopic (exact) mass is 222 g/mol. The fraction of sp³-hybridized carbons (Fsp3) is 0.182. The van der Waals surface area contributed by atoms with Crippen LogP contribution in [0.5, 0.6) is 0 Å². The summed E-state index contributed by atoms with van der Waals surface area (Å²) in [5.74, 6) is -0.196. The standard InChI is InChI=1S/C11H11FN2S/c1-7-5-9(3-4-10(7)12)14-8(2)6-13-11(14)15/h3-6H,1-2H3,(H,13,15). The topological polar surface area (TPSA) is 20.7 Å². The quantitative estimate of drug-likeness (QED) is 0.734. The van der Waals surface area contributed by atoms with Gasteiger partial charge < -0.3 is 4.98 Å². The van der Waals surface area contributed by atoms with Crippen LogP contribution in [0.25, 0.3) is 5.69 Å². The van der Waals surface area contributed by atoms with Crippen LogP contribution in [-0.4, -0.2) is 9.55 Å². The molecule has 2 nitrogen and oxygen atoms in total. The third-order valence-corrected chi connectivity index (χ3v) is 2.66. The molecule has 0 saturated carbocycles. The number of H-pyrrole nitrogens is 1. The predicted octanol–water partition coefficient (Wildman–Crippen LogP) is 3.29. The van der Waals surface area contributed by atoms with Crippen molar-refractivity contribution in [1.29, 1.82) is 0 Å². The van der Waals surface area contributed by atoms with Gasteiger partial charge in [0.2, 0.25) is 0 Å². The van der Waals surface area contributed by atoms with Crippen molar-refractivity contribution in [2.75, 3.05) is 0 Å². The maximum Gasteiger partial charge on any atom is 0.182 e. The third kappa shape index (κ3) is 1.72. The van der Waals surface area contributed by atoms with Crippen molar-refractivity contribution in [2.45, 2.75) is 13.8 Å². The molecule has 0 atom stereocenters. The second kappa shape index (κ2) is 3.62. The Morgan fingerprint density at radius 3 is 2.60 bits per heavy atom. The highest BCUT2D eigenvalue weighted by Crippen LogP contribution is 2.15. The van der Waals surface area contributed by atoms with Gasteiger partial charge in [-0.05, 0) is 49.8 Å². The summed E-state index contributed by atoms with van der Waals surface area (Å²) in [5.41, 5.74) is 2.51. The summed E-state index contributed by atoms with van der Waals surface area (Å²) in [4.78, 5) is 2.95. The van der Waals surface area contributed by atoms with Gasteiger partial charge in [-0.25, -0.2) is 4.39 Å². The van der Waals surface area contributed by atoms with Crippen LogP contribution in [0, 0.1) is 24.4 Å². The first-order valence-electron chi connectivity index (χ1n) is 4.63. The molecule has 1 heterocycles. The average Bonchev–Trinajstić information content (AvgIpc) is 2.52. The lowest BCUT2D eigenvalue weighted by Crippen LogP contribution is -1.97. The van der Waals surface area contributed by atoms with Crippen molar-refractivity contribution in [1.82, 2.24) is 9.55 Å². The molecule has 0 bridgehead atoms. The zero-order valence-corrected chi connectivity index (χ0v) is 9.36. The Morgan fingerprint density at radius 1 is 1.33 bits per heavy atom. The predicted molar refractivity (Wildman–Crippen MR) is 60.4 cm³/mol. The summed E-state index contributed by atoms with van der Waals surface area (Å²) in [6, 6.07) is 4.96. The number of nitrogens with zero attached hydrogens (tertiary/aromatic N) is 1. The molecule has 2 aromatic rings. The van der Waals surface area contributed by atoms with Crippen molar-refractivity contribution in [2.24, 2.45) is 0 Å². The Labute approximate surface area is 92.4 Å². The van der Waals surface area contributed by atoms with E-state index >= 15 is 0 Å². The van der Waals surface area contributed by atoms with Crippen LogP contribution in [0.15, 0.2) is 24.4 Å². The second-order valence-corrected chi connectivity index (χ2v) is 3.89. The van der Waals surface area contributed by atoms with Gasteiger partial charge in [0.15, 0.2) is 4.77 Å². The lowest BCUT2D eigenvalue weighted by Gasteiger charge is -2.06. The molecular weight excluding hydrogens is 211 g/mol. The number of halogens is 1. The van der Waals surface area contributed by atoms with E-state index in [1.807, 2.05) is 17.7 Å². The molecule has 0 saturated heterocycles. The van der Waals surface area contributed by atoms with E-state index in [0.29, 0.717) is 10.3 Å². The van der Waals surface area contributed by atoms with E-state index in [1.165, 1.54) is 6.07 Å². The molecule has 1 aromatic carbocycles. The van der Waals surface area contributed by atoms with E-state index < -0.39 is 0 Å². The van der Waals surface area contributed by atoms with Gasteiger partial charge >= 0.3 is 0 Å². The summed E-state index contributed by atoms with van der Waals surface area (Å²) >= 11 is 5.14. The fourth-order valence-electron chi connectivity index (χ4n) is 1.54. The smallest absolute Gasteiger partial charge is 0.182 e. The number of nitrogens with one attached hydrogen (secondary N) is 1. The van der Waals surface area contributed by atoms with Gasteiger partial charge in [-0.3, -0.25) is 4.57 Å². The fourth-order valence-corrected chi connectivity index (χ4v) is 1.85. The molecule has 0 fully saturated rings. The van der Waals surface area contributed by atoms with E-state index in [0.717, 1.165) is 11.4 Å². The lowest BCUT2D eigenvalue weighted by molar-refractivity contribution is 0.618. The first-order valence-corrected chi connectivity index (χ1v) is 5.04. The minimum Gasteiger partial charge on any atom is -0.337 e. The van der Waals surface area contributed by atoms with E-state index in [-0.39, 0.29) is 5.82 Å². The summed E-state index contributed by atoms with van der Waals surface area (Å²) in [6.07, 6.45) is 1.83. The number of rotatable bonds is 1. The zero-order chi connectivity index (χ0) is 11.0. The highest BCUT2D eigenvalue weighted by atomic mass is 32.1. The molecule has 4 heteroatoms. The van der Waals surface area contributed by atoms with Crippen LogP contribution in [-0.2, 0) is 0 Å². The molecule has 0 unspecified atom stereocenters. The highest BCUT2D eigenvalue weighted by molar-refractivity contribution is 7.71. The summed E-state index contributed by atoms with van der Waals surface area (Å²) < 4.78 is 15.6. The number of aryl methyl sites for hydroxylation is 2. The third-order valence-electron chi connectivity index (χ3n) is 2.36. The van der Waals surface area contributed by atoms with Crippen LogP contribution in [0.1, 0.15) is 11.3 Å². The van der Waals surface area contributed by atoms with E-state index in [1.54, 1.807) is 19.1 Å². The van der Waals surface area contributed by atoms with Crippen molar-refractivity contribution in [3.8, 4) is 5.69 Å². The Balaban J connectivity index is 2.65. The SMILES string of the molecule is Cc1cc(-n2c(C)c[nH]c2=S)ccc1F. The van der Waals surface area contributed by atoms with Gasteiger partial charge in [0.1, 0.15) is 5.82 Å². The first kappa shape index (κ1) is 10.1. The van der Waals surface area contributed by atoms with Crippen molar-refractivity contribution in [3.05, 3.63) is 46.2 Å². The normalized spacial score (nSPS) is 10.6. The maximum absolute atomic E-state index is 13.1. The molecule has 0 aliphatic heterocycles. The minimum atomic E-state index is -0.196. The van der Waals surface area contributed by atoms with Gasteiger partial charge in [0.25, 0.3) is 0 Å². The second-order valence-electron chi connectivity index (χ2n) is 3.50. The number of hydrogen-bond donors (Lipinski definition) is 1. The molecule has 78 valence electrons. The zero-order valence-electron chi connectivity index (χ0n) is 8.54. The molecule has 0 aliphatic rings. The molecule has 2 rings (SSSR count). The van der Waals surface area contributed by atoms with Gasteiger partial charge in [0, 0.05) is 17.6 Å². The Bertz CT molecular complexity index is 554. The van der Waals surface area contributed by atoms with Crippen LogP contribution in [0.3, 0.4) is 0 Å². The van der Waals surface area contributed by atoms with Crippen LogP contribution >= 0.6 is 12.2 Å². The van der Waals surface area contributed by atoms with Gasteiger partial charge in [0.05, 0.1) is 0 Å². The molecule has 1 N–H and O–H groups in total. The molecule has 1 aromatic heterocycles. The Kier molecular flexibility index (Phi) is 2.44. The average molecular weight is 222 g/mol. The summed E-state index contributed by atoms with van der Waals surface area (Å²) in [6.45, 7) is 3.69. The summed E-state index contributed by atoms with van der Waals surface area (Å²) in [5, 5.41) is 0. The van der Waals surface area contributed by atoms with E-state index in [4.69, 9.17) is 12.2 Å². The number of imidazole rings is 1. The molecule has 0 spiro atoms. The van der Waals surface area contributed by atoms with Crippen molar-refractivity contribution in [3.63, 3.8) is 0 Å². The number of aromatic nitrogens is 2. The van der Waals surface area contributed by atoms with Crippen LogP contribution in [0.2, 0.25) is 0 Å². The number of hydrogen-bond acceptors (Lipinski definition) is 1. The molecule has 0 aliphatic carbocycles. The van der Waals surface area contributed by atoms with Gasteiger partial charge in [-0.2, -0.15) is 0 Å². The van der Waals surface area contributed by atoms with Crippen molar-refractivity contribution >= 4 is 12.2 Å². The van der Waals surface area contributed by atoms with Crippen LogP contribution < -0.4 is 0 Å². The first-order chi connectivity index (χ1) is 7.09. The summed E-state index contributed by atoms with van der Waals surface area (Å²) in [7, 11) is 0. The van der Waals surface area contributed by atoms with E-state index in [2.05, 4.69) is 4.98 Å². The highest BCUT2D eigenvalue weighted by Gasteiger charge is 2.04. The molecule has 0 amide bonds. The number of benzene rings is 1. The Hall–Kier alpha value is -1.42. The van der Waals surface area contributed by atoms with Crippen molar-refractivity contribution < 1.29 is 4.39 Å². The molecular formula is C11H11FN2S. The molecule has 0 radical (unpaired) electrons. The number of aromatic amines is 1. The Morgan fingerprint density at radius 2 is 2.07 bits per heavy atom. The largest absolute Gasteiger partial charge is 0.337 e. The minimum absolute atomic E-state index is 0.196. The maximum atomic E-state index is 13.1. The van der Waals surface area contributed by atoms with E-state index in [9.17, 15) is 4.39 Å². The molecule has 15 heavy (non-hydrogen) atoms. The lowest BCUT2D eigenvalue weighted by atomic mass is 10.2. The van der Waals surface area contributed by atoms with Gasteiger partial charge in [-0.15, -0.1) is 0 Å².